The lowest BCUT2D eigenvalue weighted by Gasteiger charge is -2.10. The molecule has 162 valence electrons. The molecule has 3 rings (SSSR count). The Bertz CT molecular complexity index is 1100. The average Bonchev–Trinajstić information content (AvgIpc) is 2.75. The quantitative estimate of drug-likeness (QED) is 0.367. The Labute approximate surface area is 174 Å². The molecule has 0 radical (unpaired) electrons. The van der Waals surface area contributed by atoms with Crippen molar-refractivity contribution in [1.82, 2.24) is 4.98 Å². The minimum absolute atomic E-state index is 0.00622. The molecule has 2 aromatic carbocycles. The fourth-order valence-corrected chi connectivity index (χ4v) is 2.76. The van der Waals surface area contributed by atoms with Gasteiger partial charge in [0, 0.05) is 28.3 Å². The summed E-state index contributed by atoms with van der Waals surface area (Å²) in [5, 5.41) is 0. The van der Waals surface area contributed by atoms with E-state index in [1.807, 2.05) is 0 Å². The van der Waals surface area contributed by atoms with Crippen molar-refractivity contribution < 1.29 is 36.2 Å². The van der Waals surface area contributed by atoms with Gasteiger partial charge < -0.3 is 9.47 Å². The van der Waals surface area contributed by atoms with E-state index in [1.54, 1.807) is 0 Å². The number of ether oxygens (including phenoxy) is 2. The van der Waals surface area contributed by atoms with Gasteiger partial charge in [0.2, 0.25) is 5.88 Å². The van der Waals surface area contributed by atoms with Crippen molar-refractivity contribution in [3.63, 3.8) is 0 Å². The molecule has 3 aromatic rings. The minimum atomic E-state index is -2.79. The summed E-state index contributed by atoms with van der Waals surface area (Å²) in [7, 11) is 1.14. The third-order valence-electron chi connectivity index (χ3n) is 4.40. The van der Waals surface area contributed by atoms with E-state index < -0.39 is 41.8 Å². The van der Waals surface area contributed by atoms with Gasteiger partial charge in [0.1, 0.15) is 24.1 Å². The number of carbonyl (C=O) groups excluding carboxylic acids is 1. The Morgan fingerprint density at radius 1 is 0.968 bits per heavy atom. The van der Waals surface area contributed by atoms with E-state index in [-0.39, 0.29) is 34.9 Å². The highest BCUT2D eigenvalue weighted by molar-refractivity contribution is 5.73. The molecule has 0 amide bonds. The van der Waals surface area contributed by atoms with Crippen molar-refractivity contribution in [1.29, 1.82) is 0 Å². The summed E-state index contributed by atoms with van der Waals surface area (Å²) in [5.41, 5.74) is -0.699. The zero-order valence-corrected chi connectivity index (χ0v) is 16.2. The predicted molar refractivity (Wildman–Crippen MR) is 101 cm³/mol. The number of nitrogens with zero attached hydrogens (tertiary/aromatic N) is 1. The Morgan fingerprint density at radius 3 is 2.39 bits per heavy atom. The van der Waals surface area contributed by atoms with Crippen LogP contribution in [-0.4, -0.2) is 18.1 Å². The van der Waals surface area contributed by atoms with E-state index in [0.717, 1.165) is 31.4 Å². The molecule has 0 unspecified atom stereocenters. The number of aromatic nitrogens is 1. The lowest BCUT2D eigenvalue weighted by molar-refractivity contribution is -0.139. The summed E-state index contributed by atoms with van der Waals surface area (Å²) in [6.07, 6.45) is -3.22. The standard InChI is InChI=1S/C22H16F5NO3/c1-30-21(29)9-14-8-18(25)15(10-17(14)24)19-3-2-4-20(28-19)31-11-13-6-5-12(22(26)27)7-16(13)23/h2-8,10,22H,9,11H2,1H3. The number of alkyl halides is 2. The highest BCUT2D eigenvalue weighted by Gasteiger charge is 2.16. The first-order valence-corrected chi connectivity index (χ1v) is 9.00. The summed E-state index contributed by atoms with van der Waals surface area (Å²) in [4.78, 5) is 15.4. The molecule has 1 heterocycles. The van der Waals surface area contributed by atoms with Crippen LogP contribution >= 0.6 is 0 Å². The smallest absolute Gasteiger partial charge is 0.310 e. The summed E-state index contributed by atoms with van der Waals surface area (Å²) < 4.78 is 77.8. The number of esters is 1. The predicted octanol–water partition coefficient (Wildman–Crippen LogP) is 5.40. The fraction of sp³-hybridized carbons (Fsp3) is 0.182. The lowest BCUT2D eigenvalue weighted by Crippen LogP contribution is -2.07. The van der Waals surface area contributed by atoms with E-state index in [9.17, 15) is 26.7 Å². The van der Waals surface area contributed by atoms with Gasteiger partial charge in [-0.25, -0.2) is 26.9 Å². The van der Waals surface area contributed by atoms with Gasteiger partial charge >= 0.3 is 5.97 Å². The van der Waals surface area contributed by atoms with Crippen molar-refractivity contribution in [2.24, 2.45) is 0 Å². The lowest BCUT2D eigenvalue weighted by atomic mass is 10.0. The molecule has 9 heteroatoms. The minimum Gasteiger partial charge on any atom is -0.473 e. The van der Waals surface area contributed by atoms with Gasteiger partial charge in [0.25, 0.3) is 6.43 Å². The van der Waals surface area contributed by atoms with Crippen molar-refractivity contribution in [3.05, 3.63) is 82.7 Å². The second-order valence-corrected chi connectivity index (χ2v) is 6.48. The van der Waals surface area contributed by atoms with Crippen molar-refractivity contribution in [2.75, 3.05) is 7.11 Å². The average molecular weight is 437 g/mol. The van der Waals surface area contributed by atoms with Crippen LogP contribution < -0.4 is 4.74 Å². The second kappa shape index (κ2) is 9.55. The summed E-state index contributed by atoms with van der Waals surface area (Å²) in [5.74, 6) is -3.19. The van der Waals surface area contributed by atoms with Crippen LogP contribution in [0.2, 0.25) is 0 Å². The van der Waals surface area contributed by atoms with Crippen LogP contribution in [0.3, 0.4) is 0 Å². The van der Waals surface area contributed by atoms with Gasteiger partial charge in [0.15, 0.2) is 0 Å². The SMILES string of the molecule is COC(=O)Cc1cc(F)c(-c2cccc(OCc3ccc(C(F)F)cc3F)n2)cc1F. The number of halogens is 5. The molecule has 1 aromatic heterocycles. The van der Waals surface area contributed by atoms with Crippen LogP contribution in [0.15, 0.2) is 48.5 Å². The molecule has 0 bridgehead atoms. The first-order valence-electron chi connectivity index (χ1n) is 9.00. The maximum absolute atomic E-state index is 14.5. The van der Waals surface area contributed by atoms with Crippen molar-refractivity contribution in [2.45, 2.75) is 19.5 Å². The highest BCUT2D eigenvalue weighted by Crippen LogP contribution is 2.27. The topological polar surface area (TPSA) is 48.4 Å². The molecule has 0 saturated heterocycles. The number of carbonyl (C=O) groups is 1. The van der Waals surface area contributed by atoms with Gasteiger partial charge in [-0.1, -0.05) is 18.2 Å². The summed E-state index contributed by atoms with van der Waals surface area (Å²) in [6, 6.07) is 9.10. The number of benzene rings is 2. The van der Waals surface area contributed by atoms with Gasteiger partial charge in [0.05, 0.1) is 19.2 Å². The molecule has 0 fully saturated rings. The van der Waals surface area contributed by atoms with Crippen LogP contribution in [0, 0.1) is 17.5 Å². The Morgan fingerprint density at radius 2 is 1.71 bits per heavy atom. The van der Waals surface area contributed by atoms with E-state index in [4.69, 9.17) is 4.74 Å². The van der Waals surface area contributed by atoms with Crippen LogP contribution in [-0.2, 0) is 22.6 Å². The van der Waals surface area contributed by atoms with Crippen LogP contribution in [0.1, 0.15) is 23.1 Å². The fourth-order valence-electron chi connectivity index (χ4n) is 2.76. The Hall–Kier alpha value is -3.49. The van der Waals surface area contributed by atoms with E-state index in [0.29, 0.717) is 0 Å². The van der Waals surface area contributed by atoms with E-state index in [1.165, 1.54) is 24.3 Å². The molecule has 0 aliphatic rings. The normalized spacial score (nSPS) is 10.9. The molecule has 0 aliphatic heterocycles. The zero-order valence-electron chi connectivity index (χ0n) is 16.2. The number of hydrogen-bond acceptors (Lipinski definition) is 4. The summed E-state index contributed by atoms with van der Waals surface area (Å²) >= 11 is 0. The zero-order chi connectivity index (χ0) is 22.5. The van der Waals surface area contributed by atoms with Gasteiger partial charge in [-0.3, -0.25) is 4.79 Å². The van der Waals surface area contributed by atoms with E-state index >= 15 is 0 Å². The maximum atomic E-state index is 14.5. The third-order valence-corrected chi connectivity index (χ3v) is 4.40. The van der Waals surface area contributed by atoms with Gasteiger partial charge in [-0.05, 0) is 24.3 Å². The largest absolute Gasteiger partial charge is 0.473 e. The molecule has 4 nitrogen and oxygen atoms in total. The monoisotopic (exact) mass is 437 g/mol. The van der Waals surface area contributed by atoms with Crippen LogP contribution in [0.4, 0.5) is 22.0 Å². The van der Waals surface area contributed by atoms with Gasteiger partial charge in [-0.15, -0.1) is 0 Å². The molecule has 0 N–H and O–H groups in total. The number of pyridine rings is 1. The van der Waals surface area contributed by atoms with E-state index in [2.05, 4.69) is 9.72 Å². The van der Waals surface area contributed by atoms with Crippen molar-refractivity contribution >= 4 is 5.97 Å². The molecule has 31 heavy (non-hydrogen) atoms. The second-order valence-electron chi connectivity index (χ2n) is 6.48. The number of rotatable bonds is 7. The Kier molecular flexibility index (Phi) is 6.84. The molecule has 0 spiro atoms. The number of hydrogen-bond donors (Lipinski definition) is 0. The molecular formula is C22H16F5NO3. The first kappa shape index (κ1) is 22.2. The molecule has 0 saturated carbocycles. The molecule has 0 atom stereocenters. The first-order chi connectivity index (χ1) is 14.8. The maximum Gasteiger partial charge on any atom is 0.310 e. The van der Waals surface area contributed by atoms with Crippen LogP contribution in [0.5, 0.6) is 5.88 Å². The highest BCUT2D eigenvalue weighted by atomic mass is 19.3. The third kappa shape index (κ3) is 5.36. The van der Waals surface area contributed by atoms with Crippen LogP contribution in [0.25, 0.3) is 11.3 Å². The summed E-state index contributed by atoms with van der Waals surface area (Å²) in [6.45, 7) is -0.305. The number of methoxy groups -OCH3 is 1. The van der Waals surface area contributed by atoms with Crippen molar-refractivity contribution in [3.8, 4) is 17.1 Å². The van der Waals surface area contributed by atoms with Gasteiger partial charge in [-0.2, -0.15) is 0 Å². The molecular weight excluding hydrogens is 421 g/mol. The molecule has 0 aliphatic carbocycles. The Balaban J connectivity index is 1.79.